The highest BCUT2D eigenvalue weighted by Gasteiger charge is 2.28. The predicted molar refractivity (Wildman–Crippen MR) is 125 cm³/mol. The normalized spacial score (nSPS) is 14.5. The van der Waals surface area contributed by atoms with Crippen LogP contribution in [0.1, 0.15) is 28.8 Å². The van der Waals surface area contributed by atoms with E-state index in [1.807, 2.05) is 90.7 Å². The minimum atomic E-state index is -0.103. The summed E-state index contributed by atoms with van der Waals surface area (Å²) in [6, 6.07) is 24.5. The Morgan fingerprint density at radius 3 is 2.06 bits per heavy atom. The van der Waals surface area contributed by atoms with E-state index in [2.05, 4.69) is 15.5 Å². The lowest BCUT2D eigenvalue weighted by Crippen LogP contribution is -2.41. The smallest absolute Gasteiger partial charge is 0.254 e. The fourth-order valence-electron chi connectivity index (χ4n) is 3.79. The van der Waals surface area contributed by atoms with Gasteiger partial charge in [0.2, 0.25) is 5.91 Å². The zero-order chi connectivity index (χ0) is 22.3. The van der Waals surface area contributed by atoms with E-state index in [0.717, 1.165) is 28.2 Å². The predicted octanol–water partition coefficient (Wildman–Crippen LogP) is 5.90. The fourth-order valence-corrected chi connectivity index (χ4v) is 3.79. The molecule has 0 atom stereocenters. The van der Waals surface area contributed by atoms with Gasteiger partial charge in [-0.2, -0.15) is 10.2 Å². The number of anilines is 1. The van der Waals surface area contributed by atoms with E-state index in [0.29, 0.717) is 25.9 Å². The molecule has 1 N–H and O–H groups in total. The van der Waals surface area contributed by atoms with Crippen LogP contribution in [-0.2, 0) is 4.79 Å². The highest BCUT2D eigenvalue weighted by atomic mass is 16.2. The zero-order valence-corrected chi connectivity index (χ0v) is 18.1. The van der Waals surface area contributed by atoms with Crippen LogP contribution in [0.5, 0.6) is 0 Å². The number of azo groups is 1. The van der Waals surface area contributed by atoms with Crippen LogP contribution in [-0.4, -0.2) is 29.8 Å². The van der Waals surface area contributed by atoms with Crippen molar-refractivity contribution in [1.29, 1.82) is 0 Å². The van der Waals surface area contributed by atoms with Crippen molar-refractivity contribution in [3.05, 3.63) is 90.0 Å². The van der Waals surface area contributed by atoms with Gasteiger partial charge >= 0.3 is 0 Å². The fraction of sp³-hybridized carbons (Fsp3) is 0.231. The van der Waals surface area contributed by atoms with Gasteiger partial charge in [0, 0.05) is 30.3 Å². The van der Waals surface area contributed by atoms with Gasteiger partial charge in [0.05, 0.1) is 11.4 Å². The van der Waals surface area contributed by atoms with E-state index in [1.54, 1.807) is 0 Å². The Bertz CT molecular complexity index is 1100. The molecule has 2 amide bonds. The summed E-state index contributed by atoms with van der Waals surface area (Å²) in [4.78, 5) is 27.3. The second kappa shape index (κ2) is 10.0. The minimum absolute atomic E-state index is 0.00773. The number of rotatable bonds is 5. The first kappa shape index (κ1) is 21.4. The van der Waals surface area contributed by atoms with E-state index in [9.17, 15) is 9.59 Å². The highest BCUT2D eigenvalue weighted by molar-refractivity contribution is 5.96. The molecule has 6 heteroatoms. The third-order valence-corrected chi connectivity index (χ3v) is 5.70. The first-order chi connectivity index (χ1) is 15.6. The molecule has 0 spiro atoms. The summed E-state index contributed by atoms with van der Waals surface area (Å²) >= 11 is 0. The summed E-state index contributed by atoms with van der Waals surface area (Å²) < 4.78 is 0. The summed E-state index contributed by atoms with van der Waals surface area (Å²) in [5, 5.41) is 11.4. The van der Waals surface area contributed by atoms with Crippen molar-refractivity contribution >= 4 is 28.9 Å². The molecule has 0 aliphatic carbocycles. The van der Waals surface area contributed by atoms with Crippen molar-refractivity contribution in [2.24, 2.45) is 16.1 Å². The van der Waals surface area contributed by atoms with Crippen molar-refractivity contribution in [3.8, 4) is 0 Å². The number of hydrogen-bond acceptors (Lipinski definition) is 4. The molecule has 6 nitrogen and oxygen atoms in total. The van der Waals surface area contributed by atoms with Crippen LogP contribution in [0.25, 0.3) is 0 Å². The van der Waals surface area contributed by atoms with Crippen molar-refractivity contribution in [1.82, 2.24) is 4.90 Å². The molecule has 0 bridgehead atoms. The van der Waals surface area contributed by atoms with E-state index >= 15 is 0 Å². The third kappa shape index (κ3) is 5.27. The maximum atomic E-state index is 12.8. The Hall–Kier alpha value is -3.80. The Balaban J connectivity index is 1.29. The monoisotopic (exact) mass is 426 g/mol. The van der Waals surface area contributed by atoms with Crippen molar-refractivity contribution < 1.29 is 9.59 Å². The third-order valence-electron chi connectivity index (χ3n) is 5.70. The van der Waals surface area contributed by atoms with Crippen LogP contribution >= 0.6 is 0 Å². The molecule has 32 heavy (non-hydrogen) atoms. The zero-order valence-electron chi connectivity index (χ0n) is 18.1. The molecule has 1 aliphatic rings. The van der Waals surface area contributed by atoms with Crippen molar-refractivity contribution in [2.45, 2.75) is 19.8 Å². The van der Waals surface area contributed by atoms with Crippen LogP contribution < -0.4 is 5.32 Å². The van der Waals surface area contributed by atoms with Gasteiger partial charge in [-0.25, -0.2) is 0 Å². The van der Waals surface area contributed by atoms with Gasteiger partial charge in [0.25, 0.3) is 5.91 Å². The molecule has 4 rings (SSSR count). The standard InChI is InChI=1S/C26H26N4O2/c1-19-7-5-6-10-24(19)26(32)30-17-15-20(16-18-30)25(31)27-21-11-13-23(14-12-21)29-28-22-8-3-2-4-9-22/h2-14,20H,15-18H2,1H3,(H,27,31). The van der Waals surface area contributed by atoms with E-state index in [1.165, 1.54) is 0 Å². The molecule has 0 aromatic heterocycles. The average Bonchev–Trinajstić information content (AvgIpc) is 2.84. The number of aryl methyl sites for hydroxylation is 1. The number of carbonyl (C=O) groups is 2. The highest BCUT2D eigenvalue weighted by Crippen LogP contribution is 2.24. The molecular weight excluding hydrogens is 400 g/mol. The lowest BCUT2D eigenvalue weighted by atomic mass is 9.95. The molecule has 1 fully saturated rings. The maximum Gasteiger partial charge on any atom is 0.254 e. The Labute approximate surface area is 188 Å². The van der Waals surface area contributed by atoms with Gasteiger partial charge in [-0.15, -0.1) is 0 Å². The summed E-state index contributed by atoms with van der Waals surface area (Å²) in [7, 11) is 0. The molecule has 0 saturated carbocycles. The van der Waals surface area contributed by atoms with E-state index in [-0.39, 0.29) is 17.7 Å². The number of hydrogen-bond donors (Lipinski definition) is 1. The number of amides is 2. The number of carbonyl (C=O) groups excluding carboxylic acids is 2. The quantitative estimate of drug-likeness (QED) is 0.516. The topological polar surface area (TPSA) is 74.1 Å². The number of likely N-dealkylation sites (tertiary alicyclic amines) is 1. The van der Waals surface area contributed by atoms with Gasteiger partial charge in [-0.3, -0.25) is 9.59 Å². The molecular formula is C26H26N4O2. The summed E-state index contributed by atoms with van der Waals surface area (Å²) in [6.07, 6.45) is 1.32. The van der Waals surface area contributed by atoms with Crippen molar-refractivity contribution in [3.63, 3.8) is 0 Å². The van der Waals surface area contributed by atoms with Crippen LogP contribution in [0.4, 0.5) is 17.1 Å². The van der Waals surface area contributed by atoms with Crippen LogP contribution in [0.15, 0.2) is 89.1 Å². The second-order valence-corrected chi connectivity index (χ2v) is 7.95. The molecule has 1 saturated heterocycles. The van der Waals surface area contributed by atoms with Gasteiger partial charge in [0.15, 0.2) is 0 Å². The minimum Gasteiger partial charge on any atom is -0.339 e. The maximum absolute atomic E-state index is 12.8. The molecule has 0 unspecified atom stereocenters. The molecule has 1 aliphatic heterocycles. The number of piperidine rings is 1. The average molecular weight is 427 g/mol. The SMILES string of the molecule is Cc1ccccc1C(=O)N1CCC(C(=O)Nc2ccc(N=Nc3ccccc3)cc2)CC1. The summed E-state index contributed by atoms with van der Waals surface area (Å²) in [5.74, 6) is -0.0674. The first-order valence-electron chi connectivity index (χ1n) is 10.8. The largest absolute Gasteiger partial charge is 0.339 e. The Morgan fingerprint density at radius 2 is 1.41 bits per heavy atom. The lowest BCUT2D eigenvalue weighted by Gasteiger charge is -2.31. The molecule has 162 valence electrons. The molecule has 0 radical (unpaired) electrons. The Kier molecular flexibility index (Phi) is 6.70. The van der Waals surface area contributed by atoms with E-state index < -0.39 is 0 Å². The van der Waals surface area contributed by atoms with Crippen LogP contribution in [0, 0.1) is 12.8 Å². The van der Waals surface area contributed by atoms with Gasteiger partial charge < -0.3 is 10.2 Å². The Morgan fingerprint density at radius 1 is 0.812 bits per heavy atom. The molecule has 3 aromatic carbocycles. The van der Waals surface area contributed by atoms with Crippen LogP contribution in [0.3, 0.4) is 0 Å². The van der Waals surface area contributed by atoms with Crippen molar-refractivity contribution in [2.75, 3.05) is 18.4 Å². The van der Waals surface area contributed by atoms with E-state index in [4.69, 9.17) is 0 Å². The van der Waals surface area contributed by atoms with Gasteiger partial charge in [0.1, 0.15) is 0 Å². The second-order valence-electron chi connectivity index (χ2n) is 7.95. The summed E-state index contributed by atoms with van der Waals surface area (Å²) in [5.41, 5.74) is 3.95. The first-order valence-corrected chi connectivity index (χ1v) is 10.8. The summed E-state index contributed by atoms with van der Waals surface area (Å²) in [6.45, 7) is 3.12. The molecule has 1 heterocycles. The molecule has 3 aromatic rings. The van der Waals surface area contributed by atoms with Gasteiger partial charge in [-0.05, 0) is 67.8 Å². The number of benzene rings is 3. The van der Waals surface area contributed by atoms with Gasteiger partial charge in [-0.1, -0.05) is 36.4 Å². The number of nitrogens with one attached hydrogen (secondary N) is 1. The van der Waals surface area contributed by atoms with Crippen LogP contribution in [0.2, 0.25) is 0 Å². The number of nitrogens with zero attached hydrogens (tertiary/aromatic N) is 3. The lowest BCUT2D eigenvalue weighted by molar-refractivity contribution is -0.121.